The number of ether oxygens (including phenoxy) is 1. The van der Waals surface area contributed by atoms with Gasteiger partial charge < -0.3 is 9.57 Å². The van der Waals surface area contributed by atoms with Crippen LogP contribution >= 0.6 is 23.2 Å². The van der Waals surface area contributed by atoms with Crippen LogP contribution in [0.5, 0.6) is 5.75 Å². The van der Waals surface area contributed by atoms with E-state index >= 15 is 0 Å². The summed E-state index contributed by atoms with van der Waals surface area (Å²) in [6.07, 6.45) is -0.491. The van der Waals surface area contributed by atoms with Crippen LogP contribution in [0.4, 0.5) is 0 Å². The molecule has 0 saturated heterocycles. The number of nitrogens with zero attached hydrogens (tertiary/aromatic N) is 1. The van der Waals surface area contributed by atoms with E-state index in [1.807, 2.05) is 37.3 Å². The van der Waals surface area contributed by atoms with Gasteiger partial charge in [-0.2, -0.15) is 0 Å². The summed E-state index contributed by atoms with van der Waals surface area (Å²) in [6, 6.07) is 14.8. The molecule has 0 fully saturated rings. The molecule has 21 heavy (non-hydrogen) atoms. The maximum absolute atomic E-state index is 6.22. The van der Waals surface area contributed by atoms with E-state index in [1.165, 1.54) is 0 Å². The Morgan fingerprint density at radius 1 is 1.00 bits per heavy atom. The van der Waals surface area contributed by atoms with Gasteiger partial charge in [-0.25, -0.2) is 0 Å². The lowest BCUT2D eigenvalue weighted by atomic mass is 9.98. The highest BCUT2D eigenvalue weighted by Gasteiger charge is 2.34. The summed E-state index contributed by atoms with van der Waals surface area (Å²) in [5, 5.41) is 5.21. The summed E-state index contributed by atoms with van der Waals surface area (Å²) in [5.41, 5.74) is 1.40. The number of oxime groups is 1. The molecule has 2 aromatic rings. The molecule has 0 radical (unpaired) electrons. The maximum Gasteiger partial charge on any atom is 0.273 e. The minimum absolute atomic E-state index is 0.0809. The molecule has 2 atom stereocenters. The van der Waals surface area contributed by atoms with E-state index in [-0.39, 0.29) is 5.92 Å². The predicted octanol–water partition coefficient (Wildman–Crippen LogP) is 4.77. The average molecular weight is 322 g/mol. The van der Waals surface area contributed by atoms with Crippen molar-refractivity contribution < 1.29 is 9.57 Å². The van der Waals surface area contributed by atoms with Crippen LogP contribution in [0.25, 0.3) is 0 Å². The van der Waals surface area contributed by atoms with Crippen molar-refractivity contribution in [3.05, 3.63) is 64.1 Å². The lowest BCUT2D eigenvalue weighted by Crippen LogP contribution is -2.27. The Hall–Kier alpha value is -1.71. The highest BCUT2D eigenvalue weighted by molar-refractivity contribution is 6.40. The molecule has 0 amide bonds. The minimum Gasteiger partial charge on any atom is -0.452 e. The lowest BCUT2D eigenvalue weighted by molar-refractivity contribution is -0.0767. The molecule has 0 spiro atoms. The second-order valence-corrected chi connectivity index (χ2v) is 5.58. The lowest BCUT2D eigenvalue weighted by Gasteiger charge is -2.17. The topological polar surface area (TPSA) is 30.8 Å². The van der Waals surface area contributed by atoms with Crippen molar-refractivity contribution in [1.82, 2.24) is 0 Å². The van der Waals surface area contributed by atoms with Gasteiger partial charge in [0.15, 0.2) is 0 Å². The fraction of sp³-hybridized carbons (Fsp3) is 0.188. The zero-order valence-electron chi connectivity index (χ0n) is 11.3. The minimum atomic E-state index is -0.491. The quantitative estimate of drug-likeness (QED) is 0.815. The highest BCUT2D eigenvalue weighted by Crippen LogP contribution is 2.32. The van der Waals surface area contributed by atoms with E-state index < -0.39 is 6.29 Å². The zero-order valence-corrected chi connectivity index (χ0v) is 12.8. The summed E-state index contributed by atoms with van der Waals surface area (Å²) < 4.78 is 5.80. The van der Waals surface area contributed by atoms with Crippen molar-refractivity contribution in [2.24, 2.45) is 11.1 Å². The molecular formula is C16H13Cl2NO2. The first-order valence-electron chi connectivity index (χ1n) is 6.56. The molecule has 0 N–H and O–H groups in total. The number of benzene rings is 2. The molecule has 2 aromatic carbocycles. The third kappa shape index (κ3) is 2.85. The first-order chi connectivity index (χ1) is 10.2. The number of rotatable bonds is 3. The van der Waals surface area contributed by atoms with Gasteiger partial charge in [0.05, 0.1) is 16.0 Å². The van der Waals surface area contributed by atoms with Gasteiger partial charge in [0.25, 0.3) is 6.29 Å². The Labute approximate surface area is 133 Å². The van der Waals surface area contributed by atoms with Crippen LogP contribution < -0.4 is 4.74 Å². The van der Waals surface area contributed by atoms with Crippen molar-refractivity contribution in [2.45, 2.75) is 13.2 Å². The number of hydrogen-bond acceptors (Lipinski definition) is 3. The Morgan fingerprint density at radius 3 is 2.33 bits per heavy atom. The number of para-hydroxylation sites is 1. The fourth-order valence-electron chi connectivity index (χ4n) is 2.18. The van der Waals surface area contributed by atoms with Crippen molar-refractivity contribution in [1.29, 1.82) is 0 Å². The van der Waals surface area contributed by atoms with Gasteiger partial charge in [-0.15, -0.1) is 0 Å². The molecule has 3 rings (SSSR count). The van der Waals surface area contributed by atoms with Gasteiger partial charge in [0.1, 0.15) is 11.5 Å². The summed E-state index contributed by atoms with van der Waals surface area (Å²) in [5.74, 6) is 0.652. The molecule has 0 aromatic heterocycles. The molecule has 3 nitrogen and oxygen atoms in total. The van der Waals surface area contributed by atoms with Crippen LogP contribution in [-0.2, 0) is 4.84 Å². The van der Waals surface area contributed by atoms with E-state index in [2.05, 4.69) is 5.16 Å². The van der Waals surface area contributed by atoms with Crippen molar-refractivity contribution in [3.63, 3.8) is 0 Å². The van der Waals surface area contributed by atoms with Crippen LogP contribution in [0.3, 0.4) is 0 Å². The standard InChI is InChI=1S/C16H13Cl2NO2/c1-10-15(14-12(17)8-5-9-13(14)18)19-21-16(10)20-11-6-3-2-4-7-11/h2-10,16H,1H3/t10-,16-/m0/s1. The molecule has 0 bridgehead atoms. The smallest absolute Gasteiger partial charge is 0.273 e. The Balaban J connectivity index is 1.82. The molecule has 0 saturated carbocycles. The van der Waals surface area contributed by atoms with Crippen molar-refractivity contribution >= 4 is 28.9 Å². The van der Waals surface area contributed by atoms with Gasteiger partial charge in [0, 0.05) is 5.56 Å². The molecule has 108 valence electrons. The normalized spacial score (nSPS) is 20.8. The van der Waals surface area contributed by atoms with E-state index in [9.17, 15) is 0 Å². The van der Waals surface area contributed by atoms with Crippen molar-refractivity contribution in [3.8, 4) is 5.75 Å². The Morgan fingerprint density at radius 2 is 1.67 bits per heavy atom. The van der Waals surface area contributed by atoms with Gasteiger partial charge in [-0.1, -0.05) is 52.6 Å². The monoisotopic (exact) mass is 321 g/mol. The largest absolute Gasteiger partial charge is 0.452 e. The van der Waals surface area contributed by atoms with Gasteiger partial charge in [-0.3, -0.25) is 0 Å². The first-order valence-corrected chi connectivity index (χ1v) is 7.32. The molecule has 0 aliphatic carbocycles. The number of halogens is 2. The van der Waals surface area contributed by atoms with Crippen LogP contribution in [0.15, 0.2) is 53.7 Å². The highest BCUT2D eigenvalue weighted by atomic mass is 35.5. The second-order valence-electron chi connectivity index (χ2n) is 4.77. The maximum atomic E-state index is 6.22. The predicted molar refractivity (Wildman–Crippen MR) is 84.1 cm³/mol. The summed E-state index contributed by atoms with van der Waals surface area (Å²) >= 11 is 12.4. The summed E-state index contributed by atoms with van der Waals surface area (Å²) in [6.45, 7) is 1.97. The van der Waals surface area contributed by atoms with Crippen molar-refractivity contribution in [2.75, 3.05) is 0 Å². The molecule has 1 aliphatic heterocycles. The van der Waals surface area contributed by atoms with Crippen LogP contribution in [0, 0.1) is 5.92 Å². The van der Waals surface area contributed by atoms with E-state index in [0.29, 0.717) is 21.3 Å². The zero-order chi connectivity index (χ0) is 14.8. The molecular weight excluding hydrogens is 309 g/mol. The number of hydrogen-bond donors (Lipinski definition) is 0. The molecule has 1 heterocycles. The van der Waals surface area contributed by atoms with E-state index in [4.69, 9.17) is 32.8 Å². The Bertz CT molecular complexity index is 653. The van der Waals surface area contributed by atoms with Gasteiger partial charge in [-0.05, 0) is 31.2 Å². The fourth-order valence-corrected chi connectivity index (χ4v) is 2.78. The average Bonchev–Trinajstić information content (AvgIpc) is 2.82. The molecule has 5 heteroatoms. The summed E-state index contributed by atoms with van der Waals surface area (Å²) in [7, 11) is 0. The van der Waals surface area contributed by atoms with E-state index in [1.54, 1.807) is 18.2 Å². The molecule has 0 unspecified atom stereocenters. The van der Waals surface area contributed by atoms with E-state index in [0.717, 1.165) is 5.75 Å². The first kappa shape index (κ1) is 14.2. The van der Waals surface area contributed by atoms with Gasteiger partial charge >= 0.3 is 0 Å². The van der Waals surface area contributed by atoms with Crippen LogP contribution in [0.2, 0.25) is 10.0 Å². The van der Waals surface area contributed by atoms with Crippen LogP contribution in [0.1, 0.15) is 12.5 Å². The van der Waals surface area contributed by atoms with Gasteiger partial charge in [0.2, 0.25) is 0 Å². The summed E-state index contributed by atoms with van der Waals surface area (Å²) in [4.78, 5) is 5.39. The third-order valence-corrected chi connectivity index (χ3v) is 3.94. The molecule has 1 aliphatic rings. The SMILES string of the molecule is C[C@H]1C(c2c(Cl)cccc2Cl)=NO[C@@H]1Oc1ccccc1. The second kappa shape index (κ2) is 5.96. The van der Waals surface area contributed by atoms with Crippen LogP contribution in [-0.4, -0.2) is 12.0 Å². The Kier molecular flexibility index (Phi) is 4.04. The third-order valence-electron chi connectivity index (χ3n) is 3.31.